The number of carbonyl (C=O) groups excluding carboxylic acids is 2. The van der Waals surface area contributed by atoms with Gasteiger partial charge in [-0.3, -0.25) is 13.9 Å². The van der Waals surface area contributed by atoms with Crippen LogP contribution in [0.15, 0.2) is 77.7 Å². The first kappa shape index (κ1) is 29.8. The quantitative estimate of drug-likeness (QED) is 0.321. The summed E-state index contributed by atoms with van der Waals surface area (Å²) >= 11 is 18.7. The molecule has 2 amide bonds. The van der Waals surface area contributed by atoms with Crippen LogP contribution in [0.25, 0.3) is 0 Å². The standard InChI is InChI=1S/C27H28Cl3N3O4S/c1-18(2)31-27(35)19(3)32(16-23-24(29)10-7-11-25(23)30)26(34)17-33(21-8-5-4-6-9-21)38(36,37)22-14-12-20(28)13-15-22/h4-15,18-19H,16-17H2,1-3H3,(H,31,35)/t19-/m0/s1. The van der Waals surface area contributed by atoms with Gasteiger partial charge in [-0.2, -0.15) is 0 Å². The smallest absolute Gasteiger partial charge is 0.264 e. The molecule has 3 rings (SSSR count). The third-order valence-electron chi connectivity index (χ3n) is 5.71. The molecule has 0 radical (unpaired) electrons. The van der Waals surface area contributed by atoms with E-state index in [4.69, 9.17) is 34.8 Å². The van der Waals surface area contributed by atoms with Crippen molar-refractivity contribution in [2.24, 2.45) is 0 Å². The van der Waals surface area contributed by atoms with Gasteiger partial charge in [0.25, 0.3) is 10.0 Å². The molecule has 1 N–H and O–H groups in total. The second-order valence-corrected chi connectivity index (χ2v) is 12.0. The van der Waals surface area contributed by atoms with Crippen molar-refractivity contribution in [1.82, 2.24) is 10.2 Å². The fourth-order valence-corrected chi connectivity index (χ4v) is 5.76. The van der Waals surface area contributed by atoms with E-state index in [0.717, 1.165) is 4.31 Å². The number of halogens is 3. The van der Waals surface area contributed by atoms with Gasteiger partial charge < -0.3 is 10.2 Å². The predicted octanol–water partition coefficient (Wildman–Crippen LogP) is 5.78. The monoisotopic (exact) mass is 595 g/mol. The summed E-state index contributed by atoms with van der Waals surface area (Å²) < 4.78 is 28.4. The lowest BCUT2D eigenvalue weighted by Crippen LogP contribution is -2.52. The van der Waals surface area contributed by atoms with Gasteiger partial charge in [0.2, 0.25) is 11.8 Å². The summed E-state index contributed by atoms with van der Waals surface area (Å²) in [6.07, 6.45) is 0. The molecule has 38 heavy (non-hydrogen) atoms. The Morgan fingerprint density at radius 3 is 1.97 bits per heavy atom. The highest BCUT2D eigenvalue weighted by Crippen LogP contribution is 2.28. The molecule has 0 spiro atoms. The molecule has 202 valence electrons. The predicted molar refractivity (Wildman–Crippen MR) is 152 cm³/mol. The minimum absolute atomic E-state index is 0.0372. The van der Waals surface area contributed by atoms with Gasteiger partial charge in [0, 0.05) is 33.2 Å². The van der Waals surface area contributed by atoms with Crippen molar-refractivity contribution in [3.63, 3.8) is 0 Å². The second kappa shape index (κ2) is 12.8. The van der Waals surface area contributed by atoms with E-state index >= 15 is 0 Å². The molecular formula is C27H28Cl3N3O4S. The molecule has 0 saturated heterocycles. The maximum atomic E-state index is 13.9. The van der Waals surface area contributed by atoms with Crippen molar-refractivity contribution in [3.8, 4) is 0 Å². The maximum Gasteiger partial charge on any atom is 0.264 e. The molecule has 0 aliphatic carbocycles. The van der Waals surface area contributed by atoms with Crippen LogP contribution in [0.5, 0.6) is 0 Å². The van der Waals surface area contributed by atoms with E-state index in [9.17, 15) is 18.0 Å². The molecule has 1 atom stereocenters. The van der Waals surface area contributed by atoms with E-state index in [-0.39, 0.29) is 23.2 Å². The van der Waals surface area contributed by atoms with Gasteiger partial charge in [-0.25, -0.2) is 8.42 Å². The maximum absolute atomic E-state index is 13.9. The molecule has 0 aliphatic heterocycles. The van der Waals surface area contributed by atoms with Gasteiger partial charge in [-0.05, 0) is 69.3 Å². The highest BCUT2D eigenvalue weighted by molar-refractivity contribution is 7.92. The number of nitrogens with zero attached hydrogens (tertiary/aromatic N) is 2. The number of hydrogen-bond acceptors (Lipinski definition) is 4. The highest BCUT2D eigenvalue weighted by atomic mass is 35.5. The topological polar surface area (TPSA) is 86.8 Å². The van der Waals surface area contributed by atoms with Gasteiger partial charge in [0.15, 0.2) is 0 Å². The number of benzene rings is 3. The zero-order valence-corrected chi connectivity index (χ0v) is 24.2. The molecule has 0 unspecified atom stereocenters. The lowest BCUT2D eigenvalue weighted by atomic mass is 10.1. The number of anilines is 1. The summed E-state index contributed by atoms with van der Waals surface area (Å²) in [5, 5.41) is 3.81. The molecule has 0 aliphatic rings. The molecule has 0 heterocycles. The number of carbonyl (C=O) groups is 2. The van der Waals surface area contributed by atoms with Crippen LogP contribution in [0.4, 0.5) is 5.69 Å². The molecule has 0 saturated carbocycles. The Balaban J connectivity index is 2.04. The third-order valence-corrected chi connectivity index (χ3v) is 8.46. The Bertz CT molecular complexity index is 1360. The van der Waals surface area contributed by atoms with Crippen LogP contribution in [0.1, 0.15) is 26.3 Å². The van der Waals surface area contributed by atoms with Crippen LogP contribution in [-0.2, 0) is 26.2 Å². The third kappa shape index (κ3) is 7.20. The van der Waals surface area contributed by atoms with Gasteiger partial charge >= 0.3 is 0 Å². The highest BCUT2D eigenvalue weighted by Gasteiger charge is 2.33. The summed E-state index contributed by atoms with van der Waals surface area (Å²) in [7, 11) is -4.18. The van der Waals surface area contributed by atoms with Crippen LogP contribution >= 0.6 is 34.8 Å². The van der Waals surface area contributed by atoms with E-state index in [1.165, 1.54) is 29.2 Å². The molecule has 11 heteroatoms. The van der Waals surface area contributed by atoms with Crippen molar-refractivity contribution < 1.29 is 18.0 Å². The summed E-state index contributed by atoms with van der Waals surface area (Å²) in [5.74, 6) is -1.02. The Morgan fingerprint density at radius 1 is 0.842 bits per heavy atom. The Kier molecular flexibility index (Phi) is 10.1. The lowest BCUT2D eigenvalue weighted by molar-refractivity contribution is -0.139. The van der Waals surface area contributed by atoms with Crippen molar-refractivity contribution in [2.75, 3.05) is 10.8 Å². The largest absolute Gasteiger partial charge is 0.352 e. The Hall–Kier alpha value is -2.78. The van der Waals surface area contributed by atoms with Crippen molar-refractivity contribution in [1.29, 1.82) is 0 Å². The zero-order chi connectivity index (χ0) is 28.0. The molecule has 0 aromatic heterocycles. The van der Waals surface area contributed by atoms with Crippen LogP contribution in [0.3, 0.4) is 0 Å². The molecular weight excluding hydrogens is 569 g/mol. The number of amides is 2. The zero-order valence-electron chi connectivity index (χ0n) is 21.1. The van der Waals surface area contributed by atoms with Gasteiger partial charge in [-0.15, -0.1) is 0 Å². The average Bonchev–Trinajstić information content (AvgIpc) is 2.87. The molecule has 3 aromatic carbocycles. The number of hydrogen-bond donors (Lipinski definition) is 1. The van der Waals surface area contributed by atoms with E-state index in [2.05, 4.69) is 5.32 Å². The van der Waals surface area contributed by atoms with Gasteiger partial charge in [0.1, 0.15) is 12.6 Å². The number of sulfonamides is 1. The first-order valence-corrected chi connectivity index (χ1v) is 14.3. The lowest BCUT2D eigenvalue weighted by Gasteiger charge is -2.32. The fourth-order valence-electron chi connectivity index (χ4n) is 3.70. The summed E-state index contributed by atoms with van der Waals surface area (Å²) in [6, 6.07) is 17.7. The van der Waals surface area contributed by atoms with Gasteiger partial charge in [0.05, 0.1) is 10.6 Å². The first-order chi connectivity index (χ1) is 17.9. The fraction of sp³-hybridized carbons (Fsp3) is 0.259. The molecule has 7 nitrogen and oxygen atoms in total. The van der Waals surface area contributed by atoms with Crippen molar-refractivity contribution >= 4 is 62.3 Å². The number of nitrogens with one attached hydrogen (secondary N) is 1. The van der Waals surface area contributed by atoms with E-state index < -0.39 is 34.4 Å². The van der Waals surface area contributed by atoms with Crippen LogP contribution < -0.4 is 9.62 Å². The Labute approximate surface area is 238 Å². The minimum atomic E-state index is -4.18. The minimum Gasteiger partial charge on any atom is -0.352 e. The van der Waals surface area contributed by atoms with E-state index in [1.807, 2.05) is 0 Å². The molecule has 3 aromatic rings. The second-order valence-electron chi connectivity index (χ2n) is 8.86. The average molecular weight is 597 g/mol. The van der Waals surface area contributed by atoms with Crippen molar-refractivity contribution in [2.45, 2.75) is 44.3 Å². The molecule has 0 bridgehead atoms. The van der Waals surface area contributed by atoms with Gasteiger partial charge in [-0.1, -0.05) is 59.1 Å². The van der Waals surface area contributed by atoms with Crippen molar-refractivity contribution in [3.05, 3.63) is 93.4 Å². The van der Waals surface area contributed by atoms with Crippen LogP contribution in [-0.4, -0.2) is 43.8 Å². The Morgan fingerprint density at radius 2 is 1.42 bits per heavy atom. The SMILES string of the molecule is CC(C)NC(=O)[C@H](C)N(Cc1c(Cl)cccc1Cl)C(=O)CN(c1ccccc1)S(=O)(=O)c1ccc(Cl)cc1. The van der Waals surface area contributed by atoms with E-state index in [1.54, 1.807) is 69.3 Å². The van der Waals surface area contributed by atoms with Crippen LogP contribution in [0.2, 0.25) is 15.1 Å². The normalized spacial score (nSPS) is 12.2. The number of rotatable bonds is 10. The summed E-state index contributed by atoms with van der Waals surface area (Å²) in [4.78, 5) is 28.0. The summed E-state index contributed by atoms with van der Waals surface area (Å²) in [5.41, 5.74) is 0.728. The first-order valence-electron chi connectivity index (χ1n) is 11.8. The number of para-hydroxylation sites is 1. The van der Waals surface area contributed by atoms with E-state index in [0.29, 0.717) is 20.6 Å². The summed E-state index contributed by atoms with van der Waals surface area (Å²) in [6.45, 7) is 4.50. The van der Waals surface area contributed by atoms with Crippen LogP contribution in [0, 0.1) is 0 Å². The molecule has 0 fully saturated rings.